The maximum absolute atomic E-state index is 14.5. The molecule has 0 radical (unpaired) electrons. The molecule has 2 amide bonds. The standard InChI is InChI=1S/C42H34N6O4S2/c1-51-31-20-16-27(17-21-31)26-12-14-29(15-13-26)40-46-43-36(54-40)24-34-33-10-6-7-11-35(33)47(42(34)50)25-48(41(49)30-8-4-3-5-9-30)38-37(44-45-39(38)53)28-18-22-32(52-2)23-19-28/h3-24,38-39,45,53H,25H2,1-2H3/b34-24-. The number of methoxy groups -OCH3 is 2. The zero-order valence-corrected chi connectivity index (χ0v) is 31.0. The van der Waals surface area contributed by atoms with Gasteiger partial charge < -0.3 is 14.4 Å². The first-order chi connectivity index (χ1) is 26.4. The van der Waals surface area contributed by atoms with Crippen LogP contribution in [0.2, 0.25) is 0 Å². The molecule has 12 heteroatoms. The van der Waals surface area contributed by atoms with Crippen molar-refractivity contribution in [2.75, 3.05) is 25.8 Å². The van der Waals surface area contributed by atoms with Crippen molar-refractivity contribution in [3.05, 3.63) is 149 Å². The smallest absolute Gasteiger partial charge is 0.260 e. The van der Waals surface area contributed by atoms with Crippen molar-refractivity contribution < 1.29 is 19.1 Å². The van der Waals surface area contributed by atoms with Crippen LogP contribution in [0.25, 0.3) is 33.3 Å². The molecule has 54 heavy (non-hydrogen) atoms. The van der Waals surface area contributed by atoms with E-state index in [0.717, 1.165) is 38.6 Å². The number of amides is 2. The molecule has 0 spiro atoms. The van der Waals surface area contributed by atoms with Crippen LogP contribution in [0.15, 0.2) is 132 Å². The molecule has 1 aromatic heterocycles. The maximum Gasteiger partial charge on any atom is 0.260 e. The largest absolute Gasteiger partial charge is 0.497 e. The van der Waals surface area contributed by atoms with E-state index in [9.17, 15) is 9.59 Å². The number of nitrogens with one attached hydrogen (secondary N) is 1. The van der Waals surface area contributed by atoms with Gasteiger partial charge in [0, 0.05) is 22.3 Å². The molecule has 2 unspecified atom stereocenters. The molecular formula is C42H34N6O4S2. The van der Waals surface area contributed by atoms with Crippen LogP contribution in [0.5, 0.6) is 11.5 Å². The first kappa shape index (κ1) is 34.8. The van der Waals surface area contributed by atoms with E-state index >= 15 is 0 Å². The number of hydrogen-bond acceptors (Lipinski definition) is 10. The third kappa shape index (κ3) is 6.72. The topological polar surface area (TPSA) is 109 Å². The number of anilines is 1. The Morgan fingerprint density at radius 2 is 1.39 bits per heavy atom. The molecule has 5 aromatic carbocycles. The van der Waals surface area contributed by atoms with Gasteiger partial charge in [-0.2, -0.15) is 17.7 Å². The van der Waals surface area contributed by atoms with Gasteiger partial charge in [-0.15, -0.1) is 10.2 Å². The highest BCUT2D eigenvalue weighted by molar-refractivity contribution is 7.81. The molecule has 2 aliphatic heterocycles. The zero-order valence-electron chi connectivity index (χ0n) is 29.3. The molecule has 0 saturated carbocycles. The van der Waals surface area contributed by atoms with Crippen LogP contribution in [-0.4, -0.2) is 64.9 Å². The fourth-order valence-corrected chi connectivity index (χ4v) is 7.77. The SMILES string of the molecule is COc1ccc(C2=NNC(S)C2N(CN2C(=O)/C(=C\c3nnc(-c4ccc(-c5ccc(OC)cc5)cc4)s3)c3ccccc32)C(=O)c2ccccc2)cc1. The minimum absolute atomic E-state index is 0.0542. The quantitative estimate of drug-likeness (QED) is 0.110. The summed E-state index contributed by atoms with van der Waals surface area (Å²) in [6.45, 7) is -0.0542. The first-order valence-corrected chi connectivity index (χ1v) is 18.5. The van der Waals surface area contributed by atoms with Gasteiger partial charge in [-0.25, -0.2) is 0 Å². The predicted octanol–water partition coefficient (Wildman–Crippen LogP) is 7.51. The van der Waals surface area contributed by atoms with Gasteiger partial charge in [0.25, 0.3) is 11.8 Å². The second-order valence-corrected chi connectivity index (χ2v) is 14.2. The number of hydrogen-bond donors (Lipinski definition) is 2. The molecule has 2 aliphatic rings. The molecule has 8 rings (SSSR count). The van der Waals surface area contributed by atoms with E-state index in [4.69, 9.17) is 22.1 Å². The number of aromatic nitrogens is 2. The lowest BCUT2D eigenvalue weighted by atomic mass is 10.0. The summed E-state index contributed by atoms with van der Waals surface area (Å²) in [4.78, 5) is 32.2. The molecular weight excluding hydrogens is 717 g/mol. The lowest BCUT2D eigenvalue weighted by Crippen LogP contribution is -2.54. The van der Waals surface area contributed by atoms with Crippen LogP contribution in [-0.2, 0) is 4.79 Å². The number of ether oxygens (including phenoxy) is 2. The average molecular weight is 751 g/mol. The lowest BCUT2D eigenvalue weighted by molar-refractivity contribution is -0.113. The Balaban J connectivity index is 1.10. The van der Waals surface area contributed by atoms with Crippen molar-refractivity contribution in [2.24, 2.45) is 5.10 Å². The fourth-order valence-electron chi connectivity index (χ4n) is 6.62. The Labute approximate surface area is 321 Å². The van der Waals surface area contributed by atoms with Crippen LogP contribution < -0.4 is 19.8 Å². The number of fused-ring (bicyclic) bond motifs is 1. The number of rotatable bonds is 10. The molecule has 0 fully saturated rings. The Hall–Kier alpha value is -6.24. The second-order valence-electron chi connectivity index (χ2n) is 12.6. The van der Waals surface area contributed by atoms with Crippen molar-refractivity contribution in [3.63, 3.8) is 0 Å². The lowest BCUT2D eigenvalue weighted by Gasteiger charge is -2.35. The highest BCUT2D eigenvalue weighted by atomic mass is 32.1. The van der Waals surface area contributed by atoms with Crippen molar-refractivity contribution in [2.45, 2.75) is 11.4 Å². The van der Waals surface area contributed by atoms with Crippen molar-refractivity contribution in [1.29, 1.82) is 0 Å². The Bertz CT molecular complexity index is 2380. The number of para-hydroxylation sites is 1. The molecule has 3 heterocycles. The van der Waals surface area contributed by atoms with E-state index in [2.05, 4.69) is 20.7 Å². The number of carbonyl (C=O) groups excluding carboxylic acids is 2. The van der Waals surface area contributed by atoms with E-state index < -0.39 is 11.4 Å². The minimum Gasteiger partial charge on any atom is -0.497 e. The molecule has 2 atom stereocenters. The summed E-state index contributed by atoms with van der Waals surface area (Å²) in [5.74, 6) is 0.984. The van der Waals surface area contributed by atoms with Gasteiger partial charge in [-0.3, -0.25) is 19.9 Å². The van der Waals surface area contributed by atoms with Gasteiger partial charge in [-0.05, 0) is 71.8 Å². The zero-order chi connectivity index (χ0) is 37.2. The highest BCUT2D eigenvalue weighted by Gasteiger charge is 2.42. The highest BCUT2D eigenvalue weighted by Crippen LogP contribution is 2.39. The van der Waals surface area contributed by atoms with E-state index in [-0.39, 0.29) is 18.5 Å². The first-order valence-electron chi connectivity index (χ1n) is 17.1. The molecule has 10 nitrogen and oxygen atoms in total. The van der Waals surface area contributed by atoms with Gasteiger partial charge >= 0.3 is 0 Å². The number of benzene rings is 5. The van der Waals surface area contributed by atoms with Gasteiger partial charge in [-0.1, -0.05) is 84.1 Å². The predicted molar refractivity (Wildman–Crippen MR) is 216 cm³/mol. The maximum atomic E-state index is 14.5. The van der Waals surface area contributed by atoms with Crippen molar-refractivity contribution >= 4 is 58.8 Å². The summed E-state index contributed by atoms with van der Waals surface area (Å²) < 4.78 is 10.6. The van der Waals surface area contributed by atoms with E-state index in [1.165, 1.54) is 11.3 Å². The minimum atomic E-state index is -0.621. The normalized spacial score (nSPS) is 16.9. The van der Waals surface area contributed by atoms with Crippen molar-refractivity contribution in [1.82, 2.24) is 20.5 Å². The van der Waals surface area contributed by atoms with Crippen LogP contribution in [0, 0.1) is 0 Å². The number of hydrazone groups is 1. The van der Waals surface area contributed by atoms with E-state index in [1.54, 1.807) is 42.2 Å². The summed E-state index contributed by atoms with van der Waals surface area (Å²) in [5.41, 5.74) is 9.91. The summed E-state index contributed by atoms with van der Waals surface area (Å²) in [5, 5.41) is 14.3. The summed E-state index contributed by atoms with van der Waals surface area (Å²) in [6, 6.07) is 39.5. The molecule has 0 aliphatic carbocycles. The Kier molecular flexibility index (Phi) is 9.68. The van der Waals surface area contributed by atoms with E-state index in [0.29, 0.717) is 33.3 Å². The Morgan fingerprint density at radius 1 is 0.796 bits per heavy atom. The second kappa shape index (κ2) is 15.0. The van der Waals surface area contributed by atoms with Crippen LogP contribution in [0.3, 0.4) is 0 Å². The number of carbonyl (C=O) groups is 2. The fraction of sp³-hybridized carbons (Fsp3) is 0.119. The van der Waals surface area contributed by atoms with Crippen LogP contribution in [0.4, 0.5) is 5.69 Å². The molecule has 6 aromatic rings. The molecule has 268 valence electrons. The summed E-state index contributed by atoms with van der Waals surface area (Å²) in [7, 11) is 3.26. The van der Waals surface area contributed by atoms with Crippen LogP contribution in [0.1, 0.15) is 26.5 Å². The van der Waals surface area contributed by atoms with Crippen LogP contribution >= 0.6 is 24.0 Å². The summed E-state index contributed by atoms with van der Waals surface area (Å²) >= 11 is 6.23. The Morgan fingerprint density at radius 3 is 2.06 bits per heavy atom. The summed E-state index contributed by atoms with van der Waals surface area (Å²) in [6.07, 6.45) is 1.78. The van der Waals surface area contributed by atoms with E-state index in [1.807, 2.05) is 115 Å². The van der Waals surface area contributed by atoms with Crippen molar-refractivity contribution in [3.8, 4) is 33.2 Å². The number of thiol groups is 1. The van der Waals surface area contributed by atoms with Gasteiger partial charge in [0.2, 0.25) is 0 Å². The monoisotopic (exact) mass is 750 g/mol. The number of nitrogens with zero attached hydrogens (tertiary/aromatic N) is 5. The van der Waals surface area contributed by atoms with Gasteiger partial charge in [0.1, 0.15) is 39.6 Å². The van der Waals surface area contributed by atoms with Gasteiger partial charge in [0.05, 0.1) is 31.2 Å². The average Bonchev–Trinajstić information content (AvgIpc) is 3.93. The van der Waals surface area contributed by atoms with Gasteiger partial charge in [0.15, 0.2) is 0 Å². The molecule has 0 bridgehead atoms. The molecule has 1 N–H and O–H groups in total. The third-order valence-corrected chi connectivity index (χ3v) is 10.7. The molecule has 0 saturated heterocycles. The third-order valence-electron chi connectivity index (χ3n) is 9.42.